The van der Waals surface area contributed by atoms with Crippen molar-refractivity contribution in [1.82, 2.24) is 4.90 Å². The van der Waals surface area contributed by atoms with Crippen LogP contribution in [0.5, 0.6) is 5.75 Å². The van der Waals surface area contributed by atoms with E-state index >= 15 is 0 Å². The zero-order chi connectivity index (χ0) is 20.2. The Kier molecular flexibility index (Phi) is 6.99. The van der Waals surface area contributed by atoms with Crippen LogP contribution in [-0.4, -0.2) is 42.1 Å². The number of likely N-dealkylation sites (tertiary alicyclic amines) is 1. The second-order valence-electron chi connectivity index (χ2n) is 7.96. The highest BCUT2D eigenvalue weighted by Crippen LogP contribution is 2.42. The quantitative estimate of drug-likeness (QED) is 0.532. The standard InChI is InChI=1S/C24H27BrFNOS/c25-22-9-13-29-23-15-20(28)6-7-21(23)24(22)19-4-2-17(3-5-19)14-18-8-12-27(16-18)11-1-10-26/h2-7,15,18,28H,1,8-14,16H2. The minimum absolute atomic E-state index is 0.213. The van der Waals surface area contributed by atoms with Gasteiger partial charge in [0.25, 0.3) is 0 Å². The van der Waals surface area contributed by atoms with E-state index in [0.29, 0.717) is 18.1 Å². The monoisotopic (exact) mass is 475 g/mol. The number of aromatic hydroxyl groups is 1. The zero-order valence-corrected chi connectivity index (χ0v) is 18.9. The third-order valence-electron chi connectivity index (χ3n) is 5.83. The normalized spacial score (nSPS) is 20.0. The lowest BCUT2D eigenvalue weighted by molar-refractivity contribution is 0.301. The SMILES string of the molecule is Oc1ccc2c(c1)SCCC(Br)=C2c1ccc(CC2CCN(CCCF)C2)cc1. The molecule has 0 saturated carbocycles. The number of allylic oxidation sites excluding steroid dienone is 1. The van der Waals surface area contributed by atoms with Crippen LogP contribution in [0.15, 0.2) is 51.8 Å². The number of nitrogens with zero attached hydrogens (tertiary/aromatic N) is 1. The number of phenolic OH excluding ortho intramolecular Hbond substituents is 1. The van der Waals surface area contributed by atoms with Gasteiger partial charge in [0.2, 0.25) is 0 Å². The molecule has 1 atom stereocenters. The molecule has 1 saturated heterocycles. The van der Waals surface area contributed by atoms with E-state index in [4.69, 9.17) is 0 Å². The molecule has 0 aromatic heterocycles. The van der Waals surface area contributed by atoms with Crippen molar-refractivity contribution in [1.29, 1.82) is 0 Å². The summed E-state index contributed by atoms with van der Waals surface area (Å²) in [5.41, 5.74) is 5.00. The molecule has 0 radical (unpaired) electrons. The molecule has 4 rings (SSSR count). The topological polar surface area (TPSA) is 23.5 Å². The van der Waals surface area contributed by atoms with E-state index in [0.717, 1.165) is 43.1 Å². The smallest absolute Gasteiger partial charge is 0.116 e. The molecule has 2 aliphatic rings. The second kappa shape index (κ2) is 9.67. The van der Waals surface area contributed by atoms with Gasteiger partial charge in [0.15, 0.2) is 0 Å². The van der Waals surface area contributed by atoms with Crippen molar-refractivity contribution in [2.45, 2.75) is 30.6 Å². The average molecular weight is 476 g/mol. The number of hydrogen-bond acceptors (Lipinski definition) is 3. The molecular formula is C24H27BrFNOS. The Morgan fingerprint density at radius 1 is 1.17 bits per heavy atom. The van der Waals surface area contributed by atoms with E-state index in [2.05, 4.69) is 45.1 Å². The summed E-state index contributed by atoms with van der Waals surface area (Å²) < 4.78 is 13.6. The minimum atomic E-state index is -0.213. The fourth-order valence-electron chi connectivity index (χ4n) is 4.38. The molecule has 2 nitrogen and oxygen atoms in total. The van der Waals surface area contributed by atoms with Gasteiger partial charge in [-0.1, -0.05) is 40.2 Å². The van der Waals surface area contributed by atoms with Crippen LogP contribution in [0.3, 0.4) is 0 Å². The van der Waals surface area contributed by atoms with E-state index < -0.39 is 0 Å². The molecular weight excluding hydrogens is 449 g/mol. The first-order chi connectivity index (χ1) is 14.1. The molecule has 0 bridgehead atoms. The van der Waals surface area contributed by atoms with Crippen molar-refractivity contribution in [3.63, 3.8) is 0 Å². The van der Waals surface area contributed by atoms with Crippen molar-refractivity contribution in [2.24, 2.45) is 5.92 Å². The number of alkyl halides is 1. The number of benzene rings is 2. The lowest BCUT2D eigenvalue weighted by Gasteiger charge is -2.16. The van der Waals surface area contributed by atoms with Gasteiger partial charge in [-0.15, -0.1) is 11.8 Å². The molecule has 2 aromatic carbocycles. The van der Waals surface area contributed by atoms with E-state index in [9.17, 15) is 9.50 Å². The Bertz CT molecular complexity index is 883. The lowest BCUT2D eigenvalue weighted by Crippen LogP contribution is -2.22. The highest BCUT2D eigenvalue weighted by Gasteiger charge is 2.23. The Morgan fingerprint density at radius 3 is 2.79 bits per heavy atom. The summed E-state index contributed by atoms with van der Waals surface area (Å²) in [7, 11) is 0. The number of halogens is 2. The molecule has 2 heterocycles. The molecule has 0 amide bonds. The minimum Gasteiger partial charge on any atom is -0.508 e. The Labute approximate surface area is 185 Å². The number of hydrogen-bond donors (Lipinski definition) is 1. The van der Waals surface area contributed by atoms with Gasteiger partial charge < -0.3 is 10.0 Å². The Hall–Kier alpha value is -1.30. The van der Waals surface area contributed by atoms with Crippen molar-refractivity contribution in [2.75, 3.05) is 32.1 Å². The average Bonchev–Trinajstić information content (AvgIpc) is 3.09. The van der Waals surface area contributed by atoms with Crippen LogP contribution in [0.1, 0.15) is 36.0 Å². The molecule has 0 spiro atoms. The summed E-state index contributed by atoms with van der Waals surface area (Å²) in [5.74, 6) is 1.99. The molecule has 1 fully saturated rings. The fraction of sp³-hybridized carbons (Fsp3) is 0.417. The third kappa shape index (κ3) is 5.07. The highest BCUT2D eigenvalue weighted by molar-refractivity contribution is 9.11. The Morgan fingerprint density at radius 2 is 2.00 bits per heavy atom. The molecule has 1 unspecified atom stereocenters. The largest absolute Gasteiger partial charge is 0.508 e. The summed E-state index contributed by atoms with van der Waals surface area (Å²) in [6.07, 6.45) is 3.93. The zero-order valence-electron chi connectivity index (χ0n) is 16.5. The molecule has 1 N–H and O–H groups in total. The van der Waals surface area contributed by atoms with E-state index in [1.54, 1.807) is 17.8 Å². The summed E-state index contributed by atoms with van der Waals surface area (Å²) in [6.45, 7) is 2.87. The van der Waals surface area contributed by atoms with Gasteiger partial charge in [-0.25, -0.2) is 0 Å². The number of thioether (sulfide) groups is 1. The van der Waals surface area contributed by atoms with Crippen LogP contribution in [0, 0.1) is 5.92 Å². The van der Waals surface area contributed by atoms with Crippen LogP contribution >= 0.6 is 27.7 Å². The molecule has 154 valence electrons. The predicted octanol–water partition coefficient (Wildman–Crippen LogP) is 6.27. The summed E-state index contributed by atoms with van der Waals surface area (Å²) >= 11 is 5.61. The molecule has 0 aliphatic carbocycles. The van der Waals surface area contributed by atoms with Gasteiger partial charge >= 0.3 is 0 Å². The Balaban J connectivity index is 1.50. The van der Waals surface area contributed by atoms with Gasteiger partial charge in [-0.3, -0.25) is 4.39 Å². The van der Waals surface area contributed by atoms with Crippen LogP contribution < -0.4 is 0 Å². The van der Waals surface area contributed by atoms with Gasteiger partial charge in [0.05, 0.1) is 6.67 Å². The number of phenols is 1. The van der Waals surface area contributed by atoms with Crippen LogP contribution in [0.2, 0.25) is 0 Å². The van der Waals surface area contributed by atoms with E-state index in [1.807, 2.05) is 12.1 Å². The maximum absolute atomic E-state index is 12.4. The summed E-state index contributed by atoms with van der Waals surface area (Å²) in [6, 6.07) is 14.6. The first-order valence-electron chi connectivity index (χ1n) is 10.4. The van der Waals surface area contributed by atoms with Crippen molar-refractivity contribution < 1.29 is 9.50 Å². The van der Waals surface area contributed by atoms with Gasteiger partial charge in [0, 0.05) is 33.8 Å². The highest BCUT2D eigenvalue weighted by atomic mass is 79.9. The van der Waals surface area contributed by atoms with Gasteiger partial charge in [-0.2, -0.15) is 0 Å². The molecule has 2 aliphatic heterocycles. The van der Waals surface area contributed by atoms with E-state index in [1.165, 1.54) is 33.2 Å². The van der Waals surface area contributed by atoms with Crippen LogP contribution in [-0.2, 0) is 6.42 Å². The van der Waals surface area contributed by atoms with Gasteiger partial charge in [0.1, 0.15) is 5.75 Å². The molecule has 5 heteroatoms. The third-order valence-corrected chi connectivity index (χ3v) is 7.68. The molecule has 29 heavy (non-hydrogen) atoms. The lowest BCUT2D eigenvalue weighted by atomic mass is 9.93. The maximum atomic E-state index is 12.4. The number of fused-ring (bicyclic) bond motifs is 1. The summed E-state index contributed by atoms with van der Waals surface area (Å²) in [4.78, 5) is 3.54. The first-order valence-corrected chi connectivity index (χ1v) is 12.1. The molecule has 2 aromatic rings. The van der Waals surface area contributed by atoms with Crippen molar-refractivity contribution in [3.8, 4) is 5.75 Å². The van der Waals surface area contributed by atoms with Crippen molar-refractivity contribution >= 4 is 33.3 Å². The first kappa shape index (κ1) is 21.0. The second-order valence-corrected chi connectivity index (χ2v) is 10.1. The summed E-state index contributed by atoms with van der Waals surface area (Å²) in [5, 5.41) is 9.88. The van der Waals surface area contributed by atoms with Crippen LogP contribution in [0.4, 0.5) is 4.39 Å². The fourth-order valence-corrected chi connectivity index (χ4v) is 6.34. The van der Waals surface area contributed by atoms with Gasteiger partial charge in [-0.05, 0) is 73.0 Å². The maximum Gasteiger partial charge on any atom is 0.116 e. The van der Waals surface area contributed by atoms with Crippen molar-refractivity contribution in [3.05, 3.63) is 63.6 Å². The van der Waals surface area contributed by atoms with E-state index in [-0.39, 0.29) is 6.67 Å². The number of rotatable bonds is 6. The van der Waals surface area contributed by atoms with Crippen LogP contribution in [0.25, 0.3) is 5.57 Å². The predicted molar refractivity (Wildman–Crippen MR) is 124 cm³/mol.